The Bertz CT molecular complexity index is 1890. The van der Waals surface area contributed by atoms with E-state index in [1.807, 2.05) is 6.07 Å². The third-order valence-electron chi connectivity index (χ3n) is 9.84. The van der Waals surface area contributed by atoms with Gasteiger partial charge in [0.2, 0.25) is 11.8 Å². The van der Waals surface area contributed by atoms with E-state index in [-0.39, 0.29) is 36.0 Å². The number of rotatable bonds is 20. The van der Waals surface area contributed by atoms with Crippen LogP contribution in [0.25, 0.3) is 0 Å². The van der Waals surface area contributed by atoms with Crippen LogP contribution in [0.1, 0.15) is 96.6 Å². The summed E-state index contributed by atoms with van der Waals surface area (Å²) in [5, 5.41) is 18.2. The molecule has 11 nitrogen and oxygen atoms in total. The fourth-order valence-electron chi connectivity index (χ4n) is 6.59. The molecule has 2 atom stereocenters. The number of aliphatic carboxylic acids is 1. The van der Waals surface area contributed by atoms with E-state index in [1.54, 1.807) is 97.1 Å². The van der Waals surface area contributed by atoms with Crippen molar-refractivity contribution < 1.29 is 38.6 Å². The lowest BCUT2D eigenvalue weighted by Gasteiger charge is -2.22. The summed E-state index contributed by atoms with van der Waals surface area (Å²) in [5.74, 6) is -2.08. The van der Waals surface area contributed by atoms with Crippen molar-refractivity contribution in [3.63, 3.8) is 0 Å². The summed E-state index contributed by atoms with van der Waals surface area (Å²) in [6, 6.07) is 26.2. The normalized spacial score (nSPS) is 13.6. The molecule has 294 valence electrons. The Morgan fingerprint density at radius 2 is 1.29 bits per heavy atom. The smallest absolute Gasteiger partial charge is 0.343 e. The first-order valence-corrected chi connectivity index (χ1v) is 19.5. The molecule has 0 aromatic heterocycles. The second-order valence-corrected chi connectivity index (χ2v) is 14.2. The summed E-state index contributed by atoms with van der Waals surface area (Å²) in [7, 11) is 0. The number of carboxylic acid groups (broad SMARTS) is 1. The molecule has 5 rings (SSSR count). The first kappa shape index (κ1) is 41.2. The van der Waals surface area contributed by atoms with Crippen molar-refractivity contribution in [1.82, 2.24) is 10.6 Å². The number of hydrogen-bond acceptors (Lipinski definition) is 7. The largest absolute Gasteiger partial charge is 0.494 e. The molecule has 56 heavy (non-hydrogen) atoms. The molecule has 0 saturated heterocycles. The molecule has 1 aliphatic rings. The zero-order chi connectivity index (χ0) is 39.7. The molecule has 3 amide bonds. The van der Waals surface area contributed by atoms with Gasteiger partial charge in [0, 0.05) is 30.0 Å². The zero-order valence-electron chi connectivity index (χ0n) is 31.8. The summed E-state index contributed by atoms with van der Waals surface area (Å²) in [6.07, 6.45) is 9.56. The van der Waals surface area contributed by atoms with Crippen LogP contribution in [0.5, 0.6) is 11.5 Å². The quantitative estimate of drug-likeness (QED) is 0.0409. The van der Waals surface area contributed by atoms with Crippen molar-refractivity contribution in [2.75, 3.05) is 11.9 Å². The molecular weight excluding hydrogens is 711 g/mol. The number of nitrogens with one attached hydrogen (secondary N) is 3. The molecule has 0 heterocycles. The second-order valence-electron chi connectivity index (χ2n) is 14.2. The summed E-state index contributed by atoms with van der Waals surface area (Å²) >= 11 is 0. The van der Waals surface area contributed by atoms with Crippen molar-refractivity contribution in [2.24, 2.45) is 5.92 Å². The number of ether oxygens (including phenoxy) is 2. The number of benzene rings is 4. The van der Waals surface area contributed by atoms with Gasteiger partial charge in [-0.2, -0.15) is 0 Å². The van der Waals surface area contributed by atoms with E-state index in [2.05, 4.69) is 22.9 Å². The number of anilines is 1. The van der Waals surface area contributed by atoms with Gasteiger partial charge in [-0.1, -0.05) is 87.9 Å². The van der Waals surface area contributed by atoms with Crippen LogP contribution in [0, 0.1) is 5.92 Å². The highest BCUT2D eigenvalue weighted by Crippen LogP contribution is 2.26. The molecule has 0 aliphatic heterocycles. The van der Waals surface area contributed by atoms with E-state index in [1.165, 1.54) is 19.3 Å². The first-order chi connectivity index (χ1) is 27.2. The van der Waals surface area contributed by atoms with Gasteiger partial charge >= 0.3 is 11.9 Å². The molecule has 0 bridgehead atoms. The molecule has 0 spiro atoms. The minimum atomic E-state index is -1.25. The van der Waals surface area contributed by atoms with Crippen LogP contribution < -0.4 is 25.4 Å². The lowest BCUT2D eigenvalue weighted by atomic mass is 10.0. The highest BCUT2D eigenvalue weighted by molar-refractivity contribution is 5.99. The van der Waals surface area contributed by atoms with Crippen LogP contribution in [0.3, 0.4) is 0 Å². The minimum absolute atomic E-state index is 0.0119. The molecule has 4 aromatic rings. The SMILES string of the molecule is CCCCCCCOc1ccc(C(=O)Oc2ccc(CC(NC(=O)c3ccc(NC(=O)C4CCCC4)cc3)C(=O)NC(Cc3ccccc3)C(=O)O)cc2)cc1. The Hall–Kier alpha value is -5.97. The molecule has 4 N–H and O–H groups in total. The Morgan fingerprint density at radius 1 is 0.679 bits per heavy atom. The predicted octanol–water partition coefficient (Wildman–Crippen LogP) is 7.54. The molecule has 1 fully saturated rings. The predicted molar refractivity (Wildman–Crippen MR) is 214 cm³/mol. The highest BCUT2D eigenvalue weighted by Gasteiger charge is 2.28. The monoisotopic (exact) mass is 761 g/mol. The number of carboxylic acids is 1. The summed E-state index contributed by atoms with van der Waals surface area (Å²) in [6.45, 7) is 2.80. The summed E-state index contributed by atoms with van der Waals surface area (Å²) < 4.78 is 11.4. The van der Waals surface area contributed by atoms with E-state index in [0.717, 1.165) is 44.1 Å². The van der Waals surface area contributed by atoms with Gasteiger partial charge in [-0.25, -0.2) is 9.59 Å². The maximum atomic E-state index is 13.7. The lowest BCUT2D eigenvalue weighted by Crippen LogP contribution is -2.53. The molecule has 2 unspecified atom stereocenters. The molecule has 1 saturated carbocycles. The molecular formula is C45H51N3O8. The number of esters is 1. The van der Waals surface area contributed by atoms with E-state index in [4.69, 9.17) is 9.47 Å². The molecule has 4 aromatic carbocycles. The third kappa shape index (κ3) is 12.8. The van der Waals surface area contributed by atoms with Crippen molar-refractivity contribution in [2.45, 2.75) is 89.6 Å². The van der Waals surface area contributed by atoms with Crippen LogP contribution in [0.4, 0.5) is 5.69 Å². The molecule has 0 radical (unpaired) electrons. The number of amides is 3. The Morgan fingerprint density at radius 3 is 1.95 bits per heavy atom. The maximum absolute atomic E-state index is 13.7. The first-order valence-electron chi connectivity index (χ1n) is 19.5. The summed E-state index contributed by atoms with van der Waals surface area (Å²) in [5.41, 5.74) is 2.53. The van der Waals surface area contributed by atoms with Crippen molar-refractivity contribution in [3.8, 4) is 11.5 Å². The van der Waals surface area contributed by atoms with Gasteiger partial charge in [-0.05, 0) is 91.1 Å². The van der Waals surface area contributed by atoms with Gasteiger partial charge in [0.15, 0.2) is 0 Å². The second kappa shape index (κ2) is 21.2. The van der Waals surface area contributed by atoms with Gasteiger partial charge in [0.1, 0.15) is 23.6 Å². The number of carbonyl (C=O) groups is 5. The number of carbonyl (C=O) groups excluding carboxylic acids is 4. The number of hydrogen-bond donors (Lipinski definition) is 4. The van der Waals surface area contributed by atoms with Crippen molar-refractivity contribution in [3.05, 3.63) is 125 Å². The Balaban J connectivity index is 1.22. The van der Waals surface area contributed by atoms with Gasteiger partial charge in [-0.15, -0.1) is 0 Å². The topological polar surface area (TPSA) is 160 Å². The maximum Gasteiger partial charge on any atom is 0.343 e. The van der Waals surface area contributed by atoms with Crippen LogP contribution in [-0.4, -0.2) is 53.5 Å². The lowest BCUT2D eigenvalue weighted by molar-refractivity contribution is -0.142. The minimum Gasteiger partial charge on any atom is -0.494 e. The van der Waals surface area contributed by atoms with E-state index in [9.17, 15) is 29.1 Å². The van der Waals surface area contributed by atoms with E-state index < -0.39 is 35.8 Å². The van der Waals surface area contributed by atoms with Gasteiger partial charge < -0.3 is 30.5 Å². The van der Waals surface area contributed by atoms with Crippen LogP contribution in [0.15, 0.2) is 103 Å². The Labute approximate surface area is 328 Å². The average molecular weight is 762 g/mol. The highest BCUT2D eigenvalue weighted by atomic mass is 16.5. The zero-order valence-corrected chi connectivity index (χ0v) is 31.8. The standard InChI is InChI=1S/C45H51N3O8/c1-2-3-4-5-11-28-55-37-26-20-35(21-27-37)45(54)56-38-24-16-32(17-25-38)29-39(43(51)48-40(44(52)53)30-31-12-7-6-8-13-31)47-42(50)34-18-22-36(23-19-34)46-41(49)33-14-9-10-15-33/h6-8,12-13,16-27,33,39-40H,2-5,9-11,14-15,28-30H2,1H3,(H,46,49)(H,47,50)(H,48,51)(H,52,53). The van der Waals surface area contributed by atoms with Crippen LogP contribution in [0.2, 0.25) is 0 Å². The molecule has 1 aliphatic carbocycles. The third-order valence-corrected chi connectivity index (χ3v) is 9.84. The molecule has 11 heteroatoms. The Kier molecular flexibility index (Phi) is 15.6. The fourth-order valence-corrected chi connectivity index (χ4v) is 6.59. The van der Waals surface area contributed by atoms with Gasteiger partial charge in [-0.3, -0.25) is 14.4 Å². The van der Waals surface area contributed by atoms with Crippen molar-refractivity contribution in [1.29, 1.82) is 0 Å². The van der Waals surface area contributed by atoms with E-state index in [0.29, 0.717) is 29.2 Å². The van der Waals surface area contributed by atoms with Crippen LogP contribution >= 0.6 is 0 Å². The fraction of sp³-hybridized carbons (Fsp3) is 0.356. The van der Waals surface area contributed by atoms with Crippen LogP contribution in [-0.2, 0) is 27.2 Å². The van der Waals surface area contributed by atoms with Gasteiger partial charge in [0.25, 0.3) is 5.91 Å². The van der Waals surface area contributed by atoms with Gasteiger partial charge in [0.05, 0.1) is 12.2 Å². The summed E-state index contributed by atoms with van der Waals surface area (Å²) in [4.78, 5) is 64.9. The number of unbranched alkanes of at least 4 members (excludes halogenated alkanes) is 4. The van der Waals surface area contributed by atoms with Crippen molar-refractivity contribution >= 4 is 35.3 Å². The average Bonchev–Trinajstić information content (AvgIpc) is 3.76. The van der Waals surface area contributed by atoms with E-state index >= 15 is 0 Å².